The van der Waals surface area contributed by atoms with Crippen molar-refractivity contribution in [1.29, 1.82) is 0 Å². The summed E-state index contributed by atoms with van der Waals surface area (Å²) >= 11 is 0. The molecule has 26 heavy (non-hydrogen) atoms. The Morgan fingerprint density at radius 3 is 1.88 bits per heavy atom. The minimum Gasteiger partial charge on any atom is -0.496 e. The van der Waals surface area contributed by atoms with E-state index in [9.17, 15) is 49.1 Å². The Morgan fingerprint density at radius 1 is 1.00 bits per heavy atom. The second kappa shape index (κ2) is 6.20. The lowest BCUT2D eigenvalue weighted by Gasteiger charge is -2.43. The van der Waals surface area contributed by atoms with E-state index >= 15 is 0 Å². The number of carbonyl (C=O) groups excluding carboxylic acids is 2. The van der Waals surface area contributed by atoms with E-state index in [1.165, 1.54) is 0 Å². The molecule has 0 amide bonds. The molecule has 1 aliphatic rings. The monoisotopic (exact) mass is 400 g/mol. The Hall–Kier alpha value is -2.21. The summed E-state index contributed by atoms with van der Waals surface area (Å²) in [5.41, 5.74) is -4.22. The molecule has 0 saturated heterocycles. The van der Waals surface area contributed by atoms with Gasteiger partial charge >= 0.3 is 29.9 Å². The summed E-state index contributed by atoms with van der Waals surface area (Å²) < 4.78 is 128. The number of hydrogen-bond acceptors (Lipinski definition) is 4. The van der Waals surface area contributed by atoms with Crippen LogP contribution in [0.3, 0.4) is 0 Å². The number of esters is 1. The van der Waals surface area contributed by atoms with Crippen molar-refractivity contribution in [3.63, 3.8) is 0 Å². The van der Waals surface area contributed by atoms with Crippen molar-refractivity contribution in [2.75, 3.05) is 7.11 Å². The van der Waals surface area contributed by atoms with Crippen LogP contribution in [-0.2, 0) is 19.1 Å². The number of alkyl halides is 9. The Labute approximate surface area is 139 Å². The molecule has 0 aliphatic heterocycles. The van der Waals surface area contributed by atoms with Crippen LogP contribution >= 0.6 is 0 Å². The number of allylic oxidation sites excluding steroid dienone is 2. The molecule has 1 unspecified atom stereocenters. The molecule has 0 radical (unpaired) electrons. The van der Waals surface area contributed by atoms with Crippen molar-refractivity contribution in [3.05, 3.63) is 24.0 Å². The SMILES string of the molecule is COC1=CC(=O)C=CC1(OC(C)=O)C(F)(F)C(F)(F)C(F)(F)C(F)(F)F. The van der Waals surface area contributed by atoms with Gasteiger partial charge in [0.1, 0.15) is 0 Å². The van der Waals surface area contributed by atoms with E-state index in [1.54, 1.807) is 0 Å². The van der Waals surface area contributed by atoms with Gasteiger partial charge in [-0.1, -0.05) is 0 Å². The number of methoxy groups -OCH3 is 1. The molecule has 4 nitrogen and oxygen atoms in total. The molecule has 1 atom stereocenters. The van der Waals surface area contributed by atoms with Crippen molar-refractivity contribution in [2.24, 2.45) is 0 Å². The van der Waals surface area contributed by atoms with Crippen molar-refractivity contribution in [1.82, 2.24) is 0 Å². The van der Waals surface area contributed by atoms with Crippen LogP contribution in [-0.4, -0.2) is 48.4 Å². The summed E-state index contributed by atoms with van der Waals surface area (Å²) in [5.74, 6) is -25.2. The fourth-order valence-corrected chi connectivity index (χ4v) is 2.02. The van der Waals surface area contributed by atoms with Gasteiger partial charge < -0.3 is 9.47 Å². The number of hydrogen-bond donors (Lipinski definition) is 0. The van der Waals surface area contributed by atoms with Crippen molar-refractivity contribution in [2.45, 2.75) is 36.5 Å². The third-order valence-electron chi connectivity index (χ3n) is 3.26. The van der Waals surface area contributed by atoms with E-state index in [2.05, 4.69) is 9.47 Å². The molecule has 0 heterocycles. The second-order valence-corrected chi connectivity index (χ2v) is 5.00. The van der Waals surface area contributed by atoms with Gasteiger partial charge in [0.05, 0.1) is 7.11 Å². The maximum atomic E-state index is 14.4. The fraction of sp³-hybridized carbons (Fsp3) is 0.538. The molecular weight excluding hydrogens is 391 g/mol. The first-order valence-corrected chi connectivity index (χ1v) is 6.37. The van der Waals surface area contributed by atoms with Crippen LogP contribution in [0, 0.1) is 0 Å². The van der Waals surface area contributed by atoms with E-state index in [0.29, 0.717) is 14.0 Å². The number of rotatable bonds is 5. The quantitative estimate of drug-likeness (QED) is 0.524. The molecule has 0 aromatic rings. The Kier molecular flexibility index (Phi) is 5.20. The summed E-state index contributed by atoms with van der Waals surface area (Å²) in [6, 6.07) is 0. The molecule has 1 aliphatic carbocycles. The number of ketones is 1. The van der Waals surface area contributed by atoms with Gasteiger partial charge in [-0.2, -0.15) is 39.5 Å². The highest BCUT2D eigenvalue weighted by Gasteiger charge is 2.87. The number of ether oxygens (including phenoxy) is 2. The van der Waals surface area contributed by atoms with Crippen LogP contribution in [0.1, 0.15) is 6.92 Å². The fourth-order valence-electron chi connectivity index (χ4n) is 2.02. The van der Waals surface area contributed by atoms with Crippen LogP contribution in [0.4, 0.5) is 39.5 Å². The van der Waals surface area contributed by atoms with Crippen LogP contribution in [0.2, 0.25) is 0 Å². The summed E-state index contributed by atoms with van der Waals surface area (Å²) in [6.07, 6.45) is -7.10. The standard InChI is InChI=1S/C13H9F9O4/c1-6(23)26-9(4-3-7(24)5-8(9)25-2)10(14,15)11(16,17)12(18,19)13(20,21)22/h3-5H,1-2H3. The summed E-state index contributed by atoms with van der Waals surface area (Å²) in [6.45, 7) is 0.398. The molecule has 0 N–H and O–H groups in total. The average molecular weight is 400 g/mol. The van der Waals surface area contributed by atoms with Gasteiger partial charge in [-0.3, -0.25) is 9.59 Å². The van der Waals surface area contributed by atoms with E-state index in [4.69, 9.17) is 0 Å². The molecule has 148 valence electrons. The van der Waals surface area contributed by atoms with E-state index < -0.39 is 47.1 Å². The van der Waals surface area contributed by atoms with Crippen LogP contribution in [0.5, 0.6) is 0 Å². The Bertz CT molecular complexity index is 663. The summed E-state index contributed by atoms with van der Waals surface area (Å²) in [4.78, 5) is 22.3. The molecule has 0 saturated carbocycles. The van der Waals surface area contributed by atoms with E-state index in [-0.39, 0.29) is 18.2 Å². The lowest BCUT2D eigenvalue weighted by molar-refractivity contribution is -0.411. The highest BCUT2D eigenvalue weighted by molar-refractivity contribution is 6.01. The predicted octanol–water partition coefficient (Wildman–Crippen LogP) is 3.43. The van der Waals surface area contributed by atoms with Crippen molar-refractivity contribution in [3.8, 4) is 0 Å². The maximum Gasteiger partial charge on any atom is 0.460 e. The Balaban J connectivity index is 3.75. The highest BCUT2D eigenvalue weighted by atomic mass is 19.4. The first-order valence-electron chi connectivity index (χ1n) is 6.37. The van der Waals surface area contributed by atoms with Crippen LogP contribution in [0.25, 0.3) is 0 Å². The Morgan fingerprint density at radius 2 is 1.50 bits per heavy atom. The first kappa shape index (κ1) is 21.8. The van der Waals surface area contributed by atoms with Crippen molar-refractivity contribution >= 4 is 11.8 Å². The van der Waals surface area contributed by atoms with Gasteiger partial charge in [0, 0.05) is 13.0 Å². The largest absolute Gasteiger partial charge is 0.496 e. The van der Waals surface area contributed by atoms with Gasteiger partial charge in [0.2, 0.25) is 0 Å². The topological polar surface area (TPSA) is 52.6 Å². The predicted molar refractivity (Wildman–Crippen MR) is 64.6 cm³/mol. The molecule has 0 spiro atoms. The van der Waals surface area contributed by atoms with Crippen LogP contribution < -0.4 is 0 Å². The first-order chi connectivity index (χ1) is 11.5. The number of carbonyl (C=O) groups is 2. The molecule has 1 rings (SSSR count). The summed E-state index contributed by atoms with van der Waals surface area (Å²) in [5, 5.41) is 0. The lowest BCUT2D eigenvalue weighted by Crippen LogP contribution is -2.69. The normalized spacial score (nSPS) is 22.1. The van der Waals surface area contributed by atoms with E-state index in [1.807, 2.05) is 0 Å². The highest BCUT2D eigenvalue weighted by Crippen LogP contribution is 2.58. The zero-order valence-corrected chi connectivity index (χ0v) is 12.8. The van der Waals surface area contributed by atoms with E-state index in [0.717, 1.165) is 0 Å². The minimum atomic E-state index is -7.22. The van der Waals surface area contributed by atoms with Gasteiger partial charge in [0.15, 0.2) is 11.5 Å². The smallest absolute Gasteiger partial charge is 0.460 e. The van der Waals surface area contributed by atoms with Gasteiger partial charge in [0.25, 0.3) is 5.60 Å². The molecule has 0 aromatic carbocycles. The lowest BCUT2D eigenvalue weighted by atomic mass is 9.82. The van der Waals surface area contributed by atoms with Gasteiger partial charge in [-0.15, -0.1) is 0 Å². The zero-order valence-electron chi connectivity index (χ0n) is 12.8. The second-order valence-electron chi connectivity index (χ2n) is 5.00. The molecular formula is C13H9F9O4. The molecule has 0 fully saturated rings. The summed E-state index contributed by atoms with van der Waals surface area (Å²) in [7, 11) is 0.520. The van der Waals surface area contributed by atoms with Gasteiger partial charge in [-0.25, -0.2) is 0 Å². The minimum absolute atomic E-state index is 0.0820. The van der Waals surface area contributed by atoms with Gasteiger partial charge in [-0.05, 0) is 12.2 Å². The van der Waals surface area contributed by atoms with Crippen LogP contribution in [0.15, 0.2) is 24.0 Å². The molecule has 13 heteroatoms. The van der Waals surface area contributed by atoms with Crippen molar-refractivity contribution < 1.29 is 58.6 Å². The molecule has 0 aromatic heterocycles. The zero-order chi connectivity index (χ0) is 20.8. The average Bonchev–Trinajstić information content (AvgIpc) is 2.46. The third-order valence-corrected chi connectivity index (χ3v) is 3.26. The molecule has 0 bridgehead atoms. The number of halogens is 9. The maximum absolute atomic E-state index is 14.4. The third kappa shape index (κ3) is 2.92.